The summed E-state index contributed by atoms with van der Waals surface area (Å²) in [6.45, 7) is 0. The molecule has 0 bridgehead atoms. The molecule has 2 heteroatoms. The quantitative estimate of drug-likeness (QED) is 0.190. The van der Waals surface area contributed by atoms with Gasteiger partial charge >= 0.3 is 0 Å². The third-order valence-corrected chi connectivity index (χ3v) is 9.31. The van der Waals surface area contributed by atoms with Crippen LogP contribution in [0.5, 0.6) is 0 Å². The van der Waals surface area contributed by atoms with Crippen LogP contribution in [-0.4, -0.2) is 0 Å². The average Bonchev–Trinajstić information content (AvgIpc) is 3.02. The van der Waals surface area contributed by atoms with Gasteiger partial charge in [-0.3, -0.25) is 0 Å². The highest BCUT2D eigenvalue weighted by Crippen LogP contribution is 2.43. The second-order valence-electron chi connectivity index (χ2n) is 9.28. The van der Waals surface area contributed by atoms with E-state index in [9.17, 15) is 0 Å². The SMILES string of the molecule is ClP(c1cc(-c2ccccc2)cc(-c2ccccc2)c1)c1cc(-c2ccccc2)cc(-c2ccccc2)c1. The molecule has 0 aliphatic carbocycles. The van der Waals surface area contributed by atoms with Crippen molar-refractivity contribution in [3.63, 3.8) is 0 Å². The first-order valence-corrected chi connectivity index (χ1v) is 15.0. The Hall–Kier alpha value is -3.96. The average molecular weight is 525 g/mol. The highest BCUT2D eigenvalue weighted by atomic mass is 35.7. The second kappa shape index (κ2) is 11.2. The lowest BCUT2D eigenvalue weighted by Crippen LogP contribution is -2.10. The van der Waals surface area contributed by atoms with Crippen molar-refractivity contribution >= 4 is 29.1 Å². The molecule has 182 valence electrons. The minimum Gasteiger partial charge on any atom is -0.0859 e. The molecular weight excluding hydrogens is 499 g/mol. The van der Waals surface area contributed by atoms with Crippen LogP contribution in [0.4, 0.5) is 0 Å². The van der Waals surface area contributed by atoms with E-state index in [1.807, 2.05) is 0 Å². The van der Waals surface area contributed by atoms with Crippen LogP contribution >= 0.6 is 18.5 Å². The van der Waals surface area contributed by atoms with Crippen LogP contribution in [0, 0.1) is 0 Å². The number of benzene rings is 6. The van der Waals surface area contributed by atoms with Crippen molar-refractivity contribution in [1.29, 1.82) is 0 Å². The monoisotopic (exact) mass is 524 g/mol. The van der Waals surface area contributed by atoms with Gasteiger partial charge in [0.25, 0.3) is 0 Å². The highest BCUT2D eigenvalue weighted by molar-refractivity contribution is 7.95. The van der Waals surface area contributed by atoms with Crippen LogP contribution in [0.2, 0.25) is 0 Å². The maximum atomic E-state index is 7.43. The van der Waals surface area contributed by atoms with Crippen LogP contribution in [-0.2, 0) is 0 Å². The molecule has 0 unspecified atom stereocenters. The summed E-state index contributed by atoms with van der Waals surface area (Å²) in [6.07, 6.45) is 0. The largest absolute Gasteiger partial charge is 0.0859 e. The van der Waals surface area contributed by atoms with E-state index < -0.39 is 7.27 Å². The van der Waals surface area contributed by atoms with Gasteiger partial charge in [0.2, 0.25) is 0 Å². The molecule has 38 heavy (non-hydrogen) atoms. The Labute approximate surface area is 230 Å². The van der Waals surface area contributed by atoms with Crippen molar-refractivity contribution < 1.29 is 0 Å². The van der Waals surface area contributed by atoms with Crippen LogP contribution < -0.4 is 10.6 Å². The van der Waals surface area contributed by atoms with Crippen molar-refractivity contribution in [2.24, 2.45) is 0 Å². The van der Waals surface area contributed by atoms with Gasteiger partial charge in [-0.05, 0) is 91.5 Å². The fourth-order valence-corrected chi connectivity index (χ4v) is 6.68. The lowest BCUT2D eigenvalue weighted by atomic mass is 9.99. The van der Waals surface area contributed by atoms with Gasteiger partial charge in [-0.15, -0.1) is 0 Å². The Kier molecular flexibility index (Phi) is 7.18. The van der Waals surface area contributed by atoms with Crippen molar-refractivity contribution in [2.45, 2.75) is 0 Å². The van der Waals surface area contributed by atoms with Crippen molar-refractivity contribution in [1.82, 2.24) is 0 Å². The molecule has 0 N–H and O–H groups in total. The fourth-order valence-electron chi connectivity index (χ4n) is 4.79. The van der Waals surface area contributed by atoms with Gasteiger partial charge in [0.1, 0.15) is 0 Å². The molecule has 0 aliphatic rings. The van der Waals surface area contributed by atoms with E-state index in [2.05, 4.69) is 158 Å². The molecule has 0 radical (unpaired) electrons. The molecule has 6 aromatic rings. The smallest absolute Gasteiger partial charge is 0.0525 e. The summed E-state index contributed by atoms with van der Waals surface area (Å²) in [5.74, 6) is 0. The van der Waals surface area contributed by atoms with Gasteiger partial charge in [0.15, 0.2) is 0 Å². The van der Waals surface area contributed by atoms with E-state index in [0.29, 0.717) is 0 Å². The van der Waals surface area contributed by atoms with E-state index >= 15 is 0 Å². The van der Waals surface area contributed by atoms with E-state index in [0.717, 1.165) is 10.6 Å². The van der Waals surface area contributed by atoms with Gasteiger partial charge in [0, 0.05) is 0 Å². The zero-order valence-corrected chi connectivity index (χ0v) is 22.5. The molecule has 0 fully saturated rings. The minimum atomic E-state index is -1.12. The lowest BCUT2D eigenvalue weighted by molar-refractivity contribution is 1.60. The maximum Gasteiger partial charge on any atom is 0.0525 e. The molecule has 0 spiro atoms. The van der Waals surface area contributed by atoms with Gasteiger partial charge in [-0.2, -0.15) is 0 Å². The van der Waals surface area contributed by atoms with Crippen molar-refractivity contribution in [3.8, 4) is 44.5 Å². The molecule has 6 rings (SSSR count). The van der Waals surface area contributed by atoms with Gasteiger partial charge < -0.3 is 0 Å². The van der Waals surface area contributed by atoms with Crippen molar-refractivity contribution in [2.75, 3.05) is 0 Å². The molecule has 0 heterocycles. The van der Waals surface area contributed by atoms with Crippen LogP contribution in [0.25, 0.3) is 44.5 Å². The van der Waals surface area contributed by atoms with E-state index in [-0.39, 0.29) is 0 Å². The van der Waals surface area contributed by atoms with Crippen LogP contribution in [0.1, 0.15) is 0 Å². The molecule has 0 amide bonds. The van der Waals surface area contributed by atoms with Crippen molar-refractivity contribution in [3.05, 3.63) is 158 Å². The summed E-state index contributed by atoms with van der Waals surface area (Å²) < 4.78 is 0. The van der Waals surface area contributed by atoms with Gasteiger partial charge in [0.05, 0.1) is 7.27 Å². The Morgan fingerprint density at radius 3 is 0.763 bits per heavy atom. The first-order chi connectivity index (χ1) is 18.7. The van der Waals surface area contributed by atoms with Crippen LogP contribution in [0.3, 0.4) is 0 Å². The summed E-state index contributed by atoms with van der Waals surface area (Å²) in [5.41, 5.74) is 9.47. The molecule has 0 saturated carbocycles. The standard InChI is InChI=1S/C36H26ClP/c37-38(35-23-31(27-13-5-1-6-14-27)21-32(24-35)28-15-7-2-8-16-28)36-25-33(29-17-9-3-10-18-29)22-34(26-36)30-19-11-4-12-20-30/h1-26H. The molecular formula is C36H26ClP. The fraction of sp³-hybridized carbons (Fsp3) is 0. The Bertz CT molecular complexity index is 1400. The number of rotatable bonds is 6. The Morgan fingerprint density at radius 1 is 0.289 bits per heavy atom. The predicted molar refractivity (Wildman–Crippen MR) is 167 cm³/mol. The molecule has 0 saturated heterocycles. The highest BCUT2D eigenvalue weighted by Gasteiger charge is 2.17. The van der Waals surface area contributed by atoms with E-state index in [1.54, 1.807) is 0 Å². The third-order valence-electron chi connectivity index (χ3n) is 6.72. The number of halogens is 1. The van der Waals surface area contributed by atoms with E-state index in [1.165, 1.54) is 44.5 Å². The van der Waals surface area contributed by atoms with Gasteiger partial charge in [-0.1, -0.05) is 133 Å². The summed E-state index contributed by atoms with van der Waals surface area (Å²) in [4.78, 5) is 0. The summed E-state index contributed by atoms with van der Waals surface area (Å²) in [7, 11) is -1.12. The summed E-state index contributed by atoms with van der Waals surface area (Å²) in [6, 6.07) is 55.8. The summed E-state index contributed by atoms with van der Waals surface area (Å²) in [5, 5.41) is 2.29. The Morgan fingerprint density at radius 2 is 0.526 bits per heavy atom. The molecule has 0 nitrogen and oxygen atoms in total. The maximum absolute atomic E-state index is 7.43. The van der Waals surface area contributed by atoms with Crippen LogP contribution in [0.15, 0.2) is 158 Å². The summed E-state index contributed by atoms with van der Waals surface area (Å²) >= 11 is 7.43. The van der Waals surface area contributed by atoms with E-state index in [4.69, 9.17) is 11.2 Å². The first-order valence-electron chi connectivity index (χ1n) is 12.7. The molecule has 0 atom stereocenters. The Balaban J connectivity index is 1.51. The predicted octanol–water partition coefficient (Wildman–Crippen LogP) is 9.94. The minimum absolute atomic E-state index is 1.12. The first kappa shape index (κ1) is 24.4. The topological polar surface area (TPSA) is 0 Å². The van der Waals surface area contributed by atoms with Gasteiger partial charge in [-0.25, -0.2) is 0 Å². The molecule has 0 aromatic heterocycles. The number of hydrogen-bond acceptors (Lipinski definition) is 0. The number of hydrogen-bond donors (Lipinski definition) is 0. The third kappa shape index (κ3) is 5.34. The lowest BCUT2D eigenvalue weighted by Gasteiger charge is -2.17. The zero-order chi connectivity index (χ0) is 25.7. The zero-order valence-electron chi connectivity index (χ0n) is 20.8. The molecule has 6 aromatic carbocycles. The molecule has 0 aliphatic heterocycles. The normalized spacial score (nSPS) is 11.0. The second-order valence-corrected chi connectivity index (χ2v) is 11.9.